The van der Waals surface area contributed by atoms with Gasteiger partial charge in [0.2, 0.25) is 0 Å². The smallest absolute Gasteiger partial charge is 0.326 e. The highest BCUT2D eigenvalue weighted by Crippen LogP contribution is 2.30. The van der Waals surface area contributed by atoms with E-state index in [4.69, 9.17) is 6.42 Å². The second-order valence-electron chi connectivity index (χ2n) is 5.80. The molecule has 1 N–H and O–H groups in total. The highest BCUT2D eigenvalue weighted by atomic mass is 127. The maximum atomic E-state index is 12.9. The predicted molar refractivity (Wildman–Crippen MR) is 97.0 cm³/mol. The van der Waals surface area contributed by atoms with Crippen LogP contribution in [-0.2, 0) is 4.79 Å². The molecule has 1 aromatic rings. The Morgan fingerprint density at radius 2 is 1.96 bits per heavy atom. The summed E-state index contributed by atoms with van der Waals surface area (Å²) in [6, 6.07) is 6.32. The van der Waals surface area contributed by atoms with Crippen LogP contribution in [0.4, 0.5) is 0 Å². The zero-order valence-electron chi connectivity index (χ0n) is 12.9. The van der Waals surface area contributed by atoms with E-state index in [1.165, 1.54) is 4.90 Å². The van der Waals surface area contributed by atoms with Gasteiger partial charge in [0, 0.05) is 3.57 Å². The highest BCUT2D eigenvalue weighted by molar-refractivity contribution is 14.1. The Labute approximate surface area is 150 Å². The molecule has 5 heteroatoms. The van der Waals surface area contributed by atoms with Crippen molar-refractivity contribution in [1.29, 1.82) is 0 Å². The Hall–Kier alpha value is -1.55. The number of nitrogens with zero attached hydrogens (tertiary/aromatic N) is 1. The van der Waals surface area contributed by atoms with Crippen molar-refractivity contribution in [2.75, 3.05) is 6.54 Å². The Bertz CT molecular complexity index is 617. The van der Waals surface area contributed by atoms with Gasteiger partial charge in [-0.05, 0) is 53.5 Å². The lowest BCUT2D eigenvalue weighted by atomic mass is 9.83. The van der Waals surface area contributed by atoms with Crippen molar-refractivity contribution in [3.05, 3.63) is 33.4 Å². The molecule has 1 aromatic carbocycles. The maximum Gasteiger partial charge on any atom is 0.326 e. The number of amides is 1. The monoisotopic (exact) mass is 425 g/mol. The lowest BCUT2D eigenvalue weighted by Gasteiger charge is -2.35. The second-order valence-corrected chi connectivity index (χ2v) is 6.96. The number of halogens is 1. The van der Waals surface area contributed by atoms with Crippen molar-refractivity contribution in [2.45, 2.75) is 38.1 Å². The molecule has 1 atom stereocenters. The van der Waals surface area contributed by atoms with Crippen LogP contribution in [0.3, 0.4) is 0 Å². The topological polar surface area (TPSA) is 57.6 Å². The average Bonchev–Trinajstić information content (AvgIpc) is 2.55. The van der Waals surface area contributed by atoms with Gasteiger partial charge in [0.1, 0.15) is 6.04 Å². The van der Waals surface area contributed by atoms with E-state index in [9.17, 15) is 14.7 Å². The summed E-state index contributed by atoms with van der Waals surface area (Å²) in [5.41, 5.74) is 0.505. The number of hydrogen-bond donors (Lipinski definition) is 1. The third kappa shape index (κ3) is 4.25. The average molecular weight is 425 g/mol. The number of hydrogen-bond acceptors (Lipinski definition) is 2. The molecular formula is C18H20INO3. The third-order valence-corrected chi connectivity index (χ3v) is 5.25. The van der Waals surface area contributed by atoms with Crippen LogP contribution in [0.1, 0.15) is 42.5 Å². The summed E-state index contributed by atoms with van der Waals surface area (Å²) in [6.07, 6.45) is 10.2. The summed E-state index contributed by atoms with van der Waals surface area (Å²) in [4.78, 5) is 26.1. The van der Waals surface area contributed by atoms with Crippen LogP contribution in [0.2, 0.25) is 0 Å². The van der Waals surface area contributed by atoms with Crippen molar-refractivity contribution >= 4 is 34.5 Å². The molecule has 0 aromatic heterocycles. The fraction of sp³-hybridized carbons (Fsp3) is 0.444. The van der Waals surface area contributed by atoms with Crippen molar-refractivity contribution in [2.24, 2.45) is 5.92 Å². The minimum absolute atomic E-state index is 0.0112. The molecule has 1 saturated carbocycles. The van der Waals surface area contributed by atoms with Gasteiger partial charge in [-0.2, -0.15) is 0 Å². The first-order valence-electron chi connectivity index (χ1n) is 7.78. The molecule has 0 aliphatic heterocycles. The zero-order chi connectivity index (χ0) is 16.8. The molecule has 1 aliphatic carbocycles. The number of benzene rings is 1. The number of carbonyl (C=O) groups is 2. The summed E-state index contributed by atoms with van der Waals surface area (Å²) >= 11 is 2.09. The van der Waals surface area contributed by atoms with E-state index in [0.717, 1.165) is 35.7 Å². The van der Waals surface area contributed by atoms with Gasteiger partial charge in [-0.1, -0.05) is 37.3 Å². The number of rotatable bonds is 5. The number of carboxylic acid groups (broad SMARTS) is 1. The van der Waals surface area contributed by atoms with E-state index in [-0.39, 0.29) is 18.4 Å². The molecule has 2 rings (SSSR count). The molecule has 1 fully saturated rings. The molecule has 4 nitrogen and oxygen atoms in total. The van der Waals surface area contributed by atoms with Crippen LogP contribution in [0, 0.1) is 21.8 Å². The van der Waals surface area contributed by atoms with Gasteiger partial charge in [0.25, 0.3) is 5.91 Å². The normalized spacial score (nSPS) is 16.3. The van der Waals surface area contributed by atoms with Crippen molar-refractivity contribution in [1.82, 2.24) is 4.90 Å². The summed E-state index contributed by atoms with van der Waals surface area (Å²) in [7, 11) is 0. The van der Waals surface area contributed by atoms with E-state index in [1.54, 1.807) is 12.1 Å². The molecule has 122 valence electrons. The fourth-order valence-corrected chi connectivity index (χ4v) is 3.84. The van der Waals surface area contributed by atoms with Crippen LogP contribution in [0.5, 0.6) is 0 Å². The van der Waals surface area contributed by atoms with Gasteiger partial charge in [-0.3, -0.25) is 4.79 Å². The lowest BCUT2D eigenvalue weighted by Crippen LogP contribution is -2.50. The van der Waals surface area contributed by atoms with Crippen LogP contribution in [-0.4, -0.2) is 34.5 Å². The largest absolute Gasteiger partial charge is 0.480 e. The van der Waals surface area contributed by atoms with E-state index >= 15 is 0 Å². The van der Waals surface area contributed by atoms with Crippen molar-refractivity contribution < 1.29 is 14.7 Å². The summed E-state index contributed by atoms with van der Waals surface area (Å²) in [5.74, 6) is 1.16. The van der Waals surface area contributed by atoms with Crippen molar-refractivity contribution in [3.63, 3.8) is 0 Å². The molecule has 0 heterocycles. The molecule has 0 radical (unpaired) electrons. The predicted octanol–water partition coefficient (Wildman–Crippen LogP) is 3.40. The van der Waals surface area contributed by atoms with Crippen molar-refractivity contribution in [3.8, 4) is 12.3 Å². The first-order valence-corrected chi connectivity index (χ1v) is 8.86. The van der Waals surface area contributed by atoms with Crippen LogP contribution in [0.25, 0.3) is 0 Å². The summed E-state index contributed by atoms with van der Waals surface area (Å²) < 4.78 is 0.796. The maximum absolute atomic E-state index is 12.9. The van der Waals surface area contributed by atoms with E-state index in [0.29, 0.717) is 5.56 Å². The molecular weight excluding hydrogens is 405 g/mol. The fourth-order valence-electron chi connectivity index (χ4n) is 3.22. The molecule has 0 spiro atoms. The summed E-state index contributed by atoms with van der Waals surface area (Å²) in [6.45, 7) is 0.0112. The first kappa shape index (κ1) is 17.8. The molecule has 1 amide bonds. The van der Waals surface area contributed by atoms with Gasteiger partial charge in [-0.25, -0.2) is 4.79 Å². The Morgan fingerprint density at radius 1 is 1.30 bits per heavy atom. The zero-order valence-corrected chi connectivity index (χ0v) is 15.0. The van der Waals surface area contributed by atoms with Gasteiger partial charge < -0.3 is 10.0 Å². The van der Waals surface area contributed by atoms with Crippen LogP contribution >= 0.6 is 22.6 Å². The van der Waals surface area contributed by atoms with Crippen LogP contribution < -0.4 is 0 Å². The molecule has 0 bridgehead atoms. The van der Waals surface area contributed by atoms with E-state index in [1.807, 2.05) is 12.1 Å². The number of aliphatic carboxylic acids is 1. The van der Waals surface area contributed by atoms with Crippen LogP contribution in [0.15, 0.2) is 24.3 Å². The van der Waals surface area contributed by atoms with Gasteiger partial charge in [-0.15, -0.1) is 6.42 Å². The SMILES string of the molecule is C#CCN(C(=O)c1ccccc1I)C(C(=O)O)C1CCCCC1. The van der Waals surface area contributed by atoms with Gasteiger partial charge in [0.05, 0.1) is 12.1 Å². The molecule has 1 aliphatic rings. The Balaban J connectivity index is 2.34. The van der Waals surface area contributed by atoms with E-state index in [2.05, 4.69) is 28.5 Å². The molecule has 23 heavy (non-hydrogen) atoms. The number of carbonyl (C=O) groups excluding carboxylic acids is 1. The molecule has 0 saturated heterocycles. The molecule has 1 unspecified atom stereocenters. The summed E-state index contributed by atoms with van der Waals surface area (Å²) in [5, 5.41) is 9.72. The second kappa shape index (κ2) is 8.34. The number of carboxylic acids is 1. The Morgan fingerprint density at radius 3 is 2.52 bits per heavy atom. The van der Waals surface area contributed by atoms with E-state index < -0.39 is 12.0 Å². The third-order valence-electron chi connectivity index (χ3n) is 4.31. The lowest BCUT2D eigenvalue weighted by molar-refractivity contribution is -0.144. The minimum Gasteiger partial charge on any atom is -0.480 e. The van der Waals surface area contributed by atoms with Gasteiger partial charge in [0.15, 0.2) is 0 Å². The quantitative estimate of drug-likeness (QED) is 0.581. The van der Waals surface area contributed by atoms with Gasteiger partial charge >= 0.3 is 5.97 Å². The minimum atomic E-state index is -0.966. The Kier molecular flexibility index (Phi) is 6.46. The first-order chi connectivity index (χ1) is 11.1. The number of terminal acetylenes is 1. The highest BCUT2D eigenvalue weighted by Gasteiger charge is 2.37. The standard InChI is InChI=1S/C18H20INO3/c1-2-12-20(17(21)14-10-6-7-11-15(14)19)16(18(22)23)13-8-4-3-5-9-13/h1,6-7,10-11,13,16H,3-5,8-9,12H2,(H,22,23).